The predicted molar refractivity (Wildman–Crippen MR) is 128 cm³/mol. The van der Waals surface area contributed by atoms with Crippen LogP contribution < -0.4 is 10.1 Å². The summed E-state index contributed by atoms with van der Waals surface area (Å²) in [5, 5.41) is 3.48. The maximum atomic E-state index is 13.4. The van der Waals surface area contributed by atoms with Gasteiger partial charge in [-0.05, 0) is 74.1 Å². The number of methoxy groups -OCH3 is 1. The van der Waals surface area contributed by atoms with Gasteiger partial charge in [0.05, 0.1) is 17.7 Å². The molecule has 2 aliphatic rings. The van der Waals surface area contributed by atoms with E-state index in [1.807, 2.05) is 32.9 Å². The Morgan fingerprint density at radius 3 is 2.62 bits per heavy atom. The first-order valence-corrected chi connectivity index (χ1v) is 11.6. The molecule has 0 amide bonds. The molecule has 0 radical (unpaired) electrons. The van der Waals surface area contributed by atoms with Crippen molar-refractivity contribution in [2.45, 2.75) is 52.6 Å². The summed E-state index contributed by atoms with van der Waals surface area (Å²) in [7, 11) is 1.35. The fourth-order valence-corrected chi connectivity index (χ4v) is 5.03. The van der Waals surface area contributed by atoms with Gasteiger partial charge in [0.1, 0.15) is 18.2 Å². The number of aryl methyl sites for hydroxylation is 2. The first-order chi connectivity index (χ1) is 16.2. The summed E-state index contributed by atoms with van der Waals surface area (Å²) >= 11 is 6.12. The van der Waals surface area contributed by atoms with Crippen LogP contribution in [0.1, 0.15) is 54.4 Å². The van der Waals surface area contributed by atoms with E-state index < -0.39 is 17.7 Å². The van der Waals surface area contributed by atoms with Crippen molar-refractivity contribution in [3.8, 4) is 5.75 Å². The number of halogens is 2. The highest BCUT2D eigenvalue weighted by molar-refractivity contribution is 6.32. The third-order valence-corrected chi connectivity index (χ3v) is 6.79. The van der Waals surface area contributed by atoms with E-state index in [4.69, 9.17) is 21.1 Å². The van der Waals surface area contributed by atoms with Crippen molar-refractivity contribution in [1.82, 2.24) is 5.32 Å². The zero-order valence-corrected chi connectivity index (χ0v) is 20.4. The molecule has 178 valence electrons. The quantitative estimate of drug-likeness (QED) is 0.543. The van der Waals surface area contributed by atoms with Gasteiger partial charge in [0.2, 0.25) is 0 Å². The molecule has 1 heterocycles. The third kappa shape index (κ3) is 4.47. The lowest BCUT2D eigenvalue weighted by atomic mass is 9.73. The van der Waals surface area contributed by atoms with Crippen LogP contribution in [0.25, 0.3) is 0 Å². The van der Waals surface area contributed by atoms with Crippen molar-refractivity contribution >= 4 is 23.4 Å². The number of nitrogens with one attached hydrogen (secondary N) is 1. The number of esters is 1. The lowest BCUT2D eigenvalue weighted by Crippen LogP contribution is -2.34. The number of rotatable bonds is 5. The molecule has 0 unspecified atom stereocenters. The van der Waals surface area contributed by atoms with Crippen molar-refractivity contribution in [2.24, 2.45) is 0 Å². The molecule has 34 heavy (non-hydrogen) atoms. The molecular formula is C27H27ClFNO4. The average molecular weight is 484 g/mol. The number of allylic oxidation sites excluding steroid dienone is 3. The first-order valence-electron chi connectivity index (χ1n) is 11.2. The fraction of sp³-hybridized carbons (Fsp3) is 0.333. The van der Waals surface area contributed by atoms with Gasteiger partial charge < -0.3 is 14.8 Å². The average Bonchev–Trinajstić information content (AvgIpc) is 2.78. The van der Waals surface area contributed by atoms with E-state index in [0.29, 0.717) is 29.0 Å². The Kier molecular flexibility index (Phi) is 6.80. The maximum Gasteiger partial charge on any atom is 0.336 e. The van der Waals surface area contributed by atoms with Gasteiger partial charge >= 0.3 is 5.97 Å². The molecule has 2 aromatic rings. The third-order valence-electron chi connectivity index (χ3n) is 6.49. The summed E-state index contributed by atoms with van der Waals surface area (Å²) in [4.78, 5) is 25.9. The number of ketones is 1. The van der Waals surface area contributed by atoms with Gasteiger partial charge in [-0.25, -0.2) is 9.18 Å². The van der Waals surface area contributed by atoms with Crippen molar-refractivity contribution < 1.29 is 23.5 Å². The van der Waals surface area contributed by atoms with Crippen LogP contribution in [0.5, 0.6) is 5.75 Å². The Bertz CT molecular complexity index is 1250. The maximum absolute atomic E-state index is 13.4. The summed E-state index contributed by atoms with van der Waals surface area (Å²) in [6, 6.07) is 8.01. The van der Waals surface area contributed by atoms with Gasteiger partial charge in [0, 0.05) is 29.3 Å². The van der Waals surface area contributed by atoms with Crippen LogP contribution >= 0.6 is 11.6 Å². The van der Waals surface area contributed by atoms with Crippen molar-refractivity contribution in [2.75, 3.05) is 7.11 Å². The second-order valence-corrected chi connectivity index (χ2v) is 9.16. The van der Waals surface area contributed by atoms with Crippen LogP contribution in [0, 0.1) is 19.7 Å². The smallest absolute Gasteiger partial charge is 0.336 e. The minimum atomic E-state index is -0.523. The van der Waals surface area contributed by atoms with Gasteiger partial charge in [-0.1, -0.05) is 23.7 Å². The molecule has 1 aliphatic carbocycles. The molecule has 2 aromatic carbocycles. The molecule has 0 saturated carbocycles. The van der Waals surface area contributed by atoms with E-state index >= 15 is 0 Å². The largest absolute Gasteiger partial charge is 0.487 e. The summed E-state index contributed by atoms with van der Waals surface area (Å²) < 4.78 is 24.4. The van der Waals surface area contributed by atoms with E-state index in [9.17, 15) is 14.0 Å². The Hall–Kier alpha value is -3.12. The van der Waals surface area contributed by atoms with Crippen LogP contribution in [-0.2, 0) is 20.9 Å². The van der Waals surface area contributed by atoms with Gasteiger partial charge in [-0.15, -0.1) is 0 Å². The lowest BCUT2D eigenvalue weighted by molar-refractivity contribution is -0.136. The molecule has 0 aromatic heterocycles. The van der Waals surface area contributed by atoms with E-state index in [1.54, 1.807) is 0 Å². The fourth-order valence-electron chi connectivity index (χ4n) is 4.81. The number of ether oxygens (including phenoxy) is 2. The molecule has 0 spiro atoms. The van der Waals surface area contributed by atoms with Crippen molar-refractivity contribution in [3.63, 3.8) is 0 Å². The number of Topliss-reactive ketones (excluding diaryl/α,β-unsaturated/α-hetero) is 1. The molecule has 1 N–H and O–H groups in total. The molecule has 0 bridgehead atoms. The molecule has 7 heteroatoms. The number of carbonyl (C=O) groups is 2. The van der Waals surface area contributed by atoms with Gasteiger partial charge in [-0.3, -0.25) is 4.79 Å². The topological polar surface area (TPSA) is 64.6 Å². The van der Waals surface area contributed by atoms with Crippen LogP contribution in [0.15, 0.2) is 52.9 Å². The number of benzene rings is 2. The number of dihydropyridines is 1. The molecule has 1 atom stereocenters. The summed E-state index contributed by atoms with van der Waals surface area (Å²) in [5.74, 6) is -0.995. The summed E-state index contributed by atoms with van der Waals surface area (Å²) in [6.45, 7) is 5.99. The van der Waals surface area contributed by atoms with Crippen LogP contribution in [-0.4, -0.2) is 18.9 Å². The Morgan fingerprint density at radius 1 is 1.15 bits per heavy atom. The van der Waals surface area contributed by atoms with E-state index in [1.165, 1.54) is 25.3 Å². The summed E-state index contributed by atoms with van der Waals surface area (Å²) in [5.41, 5.74) is 6.36. The van der Waals surface area contributed by atoms with Crippen LogP contribution in [0.2, 0.25) is 5.02 Å². The van der Waals surface area contributed by atoms with Gasteiger partial charge in [0.25, 0.3) is 0 Å². The Balaban J connectivity index is 1.79. The molecule has 0 fully saturated rings. The lowest BCUT2D eigenvalue weighted by Gasteiger charge is -2.35. The highest BCUT2D eigenvalue weighted by Gasteiger charge is 2.39. The number of carbonyl (C=O) groups excluding carboxylic acids is 2. The van der Waals surface area contributed by atoms with Gasteiger partial charge in [0.15, 0.2) is 5.78 Å². The second kappa shape index (κ2) is 9.63. The van der Waals surface area contributed by atoms with E-state index in [0.717, 1.165) is 40.8 Å². The highest BCUT2D eigenvalue weighted by atomic mass is 35.5. The normalized spacial score (nSPS) is 17.9. The highest BCUT2D eigenvalue weighted by Crippen LogP contribution is 2.44. The van der Waals surface area contributed by atoms with E-state index in [2.05, 4.69) is 5.32 Å². The Labute approximate surface area is 203 Å². The standard InChI is InChI=1S/C27H27ClFNO4/c1-14-10-15(2)19(11-17(14)13-34-23-9-8-18(29)12-20(23)28)25-24(27(32)33-4)16(3)30-21-6-5-7-22(31)26(21)25/h8-12,25,30H,5-7,13H2,1-4H3/t25-/m1/s1. The predicted octanol–water partition coefficient (Wildman–Crippen LogP) is 5.82. The zero-order chi connectivity index (χ0) is 24.6. The van der Waals surface area contributed by atoms with Gasteiger partial charge in [-0.2, -0.15) is 0 Å². The summed E-state index contributed by atoms with van der Waals surface area (Å²) in [6.07, 6.45) is 1.99. The second-order valence-electron chi connectivity index (χ2n) is 8.76. The number of hydrogen-bond donors (Lipinski definition) is 1. The Morgan fingerprint density at radius 2 is 1.91 bits per heavy atom. The zero-order valence-electron chi connectivity index (χ0n) is 19.7. The molecule has 5 nitrogen and oxygen atoms in total. The SMILES string of the molecule is COC(=O)C1=C(C)NC2=C(C(=O)CCC2)[C@@H]1c1cc(COc2ccc(F)cc2Cl)c(C)cc1C. The molecular weight excluding hydrogens is 457 g/mol. The van der Waals surface area contributed by atoms with Crippen molar-refractivity contribution in [3.05, 3.63) is 86.0 Å². The first kappa shape index (κ1) is 24.0. The van der Waals surface area contributed by atoms with E-state index in [-0.39, 0.29) is 17.4 Å². The monoisotopic (exact) mass is 483 g/mol. The molecule has 0 saturated heterocycles. The molecule has 4 rings (SSSR count). The minimum absolute atomic E-state index is 0.0449. The molecule has 1 aliphatic heterocycles. The minimum Gasteiger partial charge on any atom is -0.487 e. The van der Waals surface area contributed by atoms with Crippen LogP contribution in [0.3, 0.4) is 0 Å². The van der Waals surface area contributed by atoms with Crippen LogP contribution in [0.4, 0.5) is 4.39 Å². The number of hydrogen-bond acceptors (Lipinski definition) is 5. The van der Waals surface area contributed by atoms with Crippen molar-refractivity contribution in [1.29, 1.82) is 0 Å².